The molecule has 1 heterocycles. The van der Waals surface area contributed by atoms with Gasteiger partial charge in [-0.2, -0.15) is 0 Å². The summed E-state index contributed by atoms with van der Waals surface area (Å²) in [6.07, 6.45) is 2.11. The van der Waals surface area contributed by atoms with Crippen LogP contribution >= 0.6 is 11.3 Å². The smallest absolute Gasteiger partial charge is 0.176 e. The highest BCUT2D eigenvalue weighted by molar-refractivity contribution is 7.17. The summed E-state index contributed by atoms with van der Waals surface area (Å²) in [6.45, 7) is 1.78. The Labute approximate surface area is 152 Å². The van der Waals surface area contributed by atoms with Crippen LogP contribution in [0.25, 0.3) is 10.1 Å². The molecule has 2 N–H and O–H groups in total. The first kappa shape index (κ1) is 16.6. The van der Waals surface area contributed by atoms with E-state index in [0.717, 1.165) is 25.0 Å². The molecule has 0 aliphatic heterocycles. The van der Waals surface area contributed by atoms with Crippen LogP contribution in [0, 0.1) is 0 Å². The second kappa shape index (κ2) is 7.16. The molecule has 2 aromatic carbocycles. The van der Waals surface area contributed by atoms with Gasteiger partial charge < -0.3 is 9.84 Å². The van der Waals surface area contributed by atoms with Crippen molar-refractivity contribution in [2.45, 2.75) is 44.6 Å². The first-order valence-corrected chi connectivity index (χ1v) is 9.72. The Morgan fingerprint density at radius 1 is 1.16 bits per heavy atom. The number of fused-ring (bicyclic) bond motifs is 2. The second-order valence-electron chi connectivity index (χ2n) is 6.77. The second-order valence-corrected chi connectivity index (χ2v) is 7.72. The van der Waals surface area contributed by atoms with Gasteiger partial charge in [-0.3, -0.25) is 5.32 Å². The number of ether oxygens (including phenoxy) is 1. The van der Waals surface area contributed by atoms with Gasteiger partial charge in [-0.05, 0) is 72.3 Å². The summed E-state index contributed by atoms with van der Waals surface area (Å²) in [6, 6.07) is 17.1. The number of hydrogen-bond donors (Lipinski definition) is 2. The molecule has 3 unspecified atom stereocenters. The van der Waals surface area contributed by atoms with Crippen LogP contribution in [-0.2, 0) is 12.8 Å². The highest BCUT2D eigenvalue weighted by Gasteiger charge is 2.24. The van der Waals surface area contributed by atoms with E-state index >= 15 is 0 Å². The zero-order valence-corrected chi connectivity index (χ0v) is 15.1. The monoisotopic (exact) mass is 353 g/mol. The summed E-state index contributed by atoms with van der Waals surface area (Å²) in [4.78, 5) is 0. The van der Waals surface area contributed by atoms with Crippen LogP contribution < -0.4 is 10.1 Å². The Hall–Kier alpha value is -1.88. The fourth-order valence-corrected chi connectivity index (χ4v) is 4.28. The molecule has 0 saturated heterocycles. The van der Waals surface area contributed by atoms with Crippen molar-refractivity contribution in [3.63, 3.8) is 0 Å². The molecule has 1 aliphatic rings. The predicted octanol–water partition coefficient (Wildman–Crippen LogP) is 4.13. The largest absolute Gasteiger partial charge is 0.473 e. The first-order valence-electron chi connectivity index (χ1n) is 8.84. The normalized spacial score (nSPS) is 19.4. The summed E-state index contributed by atoms with van der Waals surface area (Å²) in [7, 11) is 0. The third-order valence-corrected chi connectivity index (χ3v) is 5.77. The van der Waals surface area contributed by atoms with Crippen LogP contribution in [0.5, 0.6) is 5.75 Å². The Bertz CT molecular complexity index is 858. The van der Waals surface area contributed by atoms with E-state index in [-0.39, 0.29) is 0 Å². The van der Waals surface area contributed by atoms with Crippen molar-refractivity contribution >= 4 is 21.4 Å². The lowest BCUT2D eigenvalue weighted by molar-refractivity contribution is 0.0181. The fraction of sp³-hybridized carbons (Fsp3) is 0.333. The van der Waals surface area contributed by atoms with E-state index in [1.165, 1.54) is 21.2 Å². The highest BCUT2D eigenvalue weighted by Crippen LogP contribution is 2.26. The summed E-state index contributed by atoms with van der Waals surface area (Å²) < 4.78 is 7.34. The minimum atomic E-state index is -0.588. The van der Waals surface area contributed by atoms with Gasteiger partial charge in [0.2, 0.25) is 0 Å². The van der Waals surface area contributed by atoms with Crippen molar-refractivity contribution in [2.24, 2.45) is 0 Å². The van der Waals surface area contributed by atoms with Gasteiger partial charge in [0, 0.05) is 10.7 Å². The minimum Gasteiger partial charge on any atom is -0.473 e. The Morgan fingerprint density at radius 3 is 2.84 bits per heavy atom. The van der Waals surface area contributed by atoms with E-state index in [0.29, 0.717) is 6.04 Å². The molecule has 4 rings (SSSR count). The maximum Gasteiger partial charge on any atom is 0.176 e. The van der Waals surface area contributed by atoms with Crippen LogP contribution in [0.1, 0.15) is 24.5 Å². The number of hydrogen-bond acceptors (Lipinski definition) is 4. The Morgan fingerprint density at radius 2 is 2.00 bits per heavy atom. The molecule has 0 spiro atoms. The van der Waals surface area contributed by atoms with E-state index in [9.17, 15) is 5.11 Å². The van der Waals surface area contributed by atoms with Crippen LogP contribution in [-0.4, -0.2) is 23.5 Å². The van der Waals surface area contributed by atoms with Crippen molar-refractivity contribution in [1.82, 2.24) is 5.32 Å². The summed E-state index contributed by atoms with van der Waals surface area (Å²) in [5.41, 5.74) is 2.84. The first-order chi connectivity index (χ1) is 12.2. The molecule has 3 atom stereocenters. The fourth-order valence-electron chi connectivity index (χ4n) is 3.51. The lowest BCUT2D eigenvalue weighted by Gasteiger charge is -2.31. The van der Waals surface area contributed by atoms with Crippen LogP contribution in [0.3, 0.4) is 0 Å². The molecule has 25 heavy (non-hydrogen) atoms. The number of rotatable bonds is 5. The van der Waals surface area contributed by atoms with Gasteiger partial charge in [-0.25, -0.2) is 0 Å². The number of nitrogens with one attached hydrogen (secondary N) is 1. The lowest BCUT2D eigenvalue weighted by atomic mass is 9.88. The van der Waals surface area contributed by atoms with Crippen LogP contribution in [0.15, 0.2) is 53.9 Å². The molecule has 1 aliphatic carbocycles. The molecule has 1 aromatic heterocycles. The van der Waals surface area contributed by atoms with Gasteiger partial charge in [0.25, 0.3) is 0 Å². The van der Waals surface area contributed by atoms with Gasteiger partial charge in [0.1, 0.15) is 11.9 Å². The van der Waals surface area contributed by atoms with Crippen molar-refractivity contribution in [1.29, 1.82) is 0 Å². The molecular formula is C21H23NO2S. The van der Waals surface area contributed by atoms with E-state index < -0.39 is 12.3 Å². The molecular weight excluding hydrogens is 330 g/mol. The molecule has 4 heteroatoms. The van der Waals surface area contributed by atoms with Gasteiger partial charge in [-0.15, -0.1) is 11.3 Å². The number of aliphatic hydroxyl groups excluding tert-OH is 1. The molecule has 130 valence electrons. The Kier molecular flexibility index (Phi) is 4.75. The van der Waals surface area contributed by atoms with Gasteiger partial charge in [0.05, 0.1) is 0 Å². The van der Waals surface area contributed by atoms with E-state index in [1.807, 2.05) is 12.1 Å². The van der Waals surface area contributed by atoms with Gasteiger partial charge in [-0.1, -0.05) is 24.3 Å². The SMILES string of the molecule is CC(O)C(NC1CCc2ccccc2C1)Oc1ccc2sccc2c1. The van der Waals surface area contributed by atoms with Crippen LogP contribution in [0.4, 0.5) is 0 Å². The van der Waals surface area contributed by atoms with Crippen molar-refractivity contribution < 1.29 is 9.84 Å². The number of aryl methyl sites for hydroxylation is 1. The summed E-state index contributed by atoms with van der Waals surface area (Å²) >= 11 is 1.72. The lowest BCUT2D eigenvalue weighted by Crippen LogP contribution is -2.49. The predicted molar refractivity (Wildman–Crippen MR) is 103 cm³/mol. The van der Waals surface area contributed by atoms with Gasteiger partial charge in [0.15, 0.2) is 6.23 Å². The van der Waals surface area contributed by atoms with Crippen LogP contribution in [0.2, 0.25) is 0 Å². The molecule has 0 radical (unpaired) electrons. The quantitative estimate of drug-likeness (QED) is 0.678. The number of aliphatic hydroxyl groups is 1. The van der Waals surface area contributed by atoms with Crippen molar-refractivity contribution in [3.8, 4) is 5.75 Å². The Balaban J connectivity index is 1.46. The number of thiophene rings is 1. The average Bonchev–Trinajstić information content (AvgIpc) is 3.09. The molecule has 0 saturated carbocycles. The van der Waals surface area contributed by atoms with E-state index in [2.05, 4.69) is 47.1 Å². The van der Waals surface area contributed by atoms with E-state index in [1.54, 1.807) is 18.3 Å². The summed E-state index contributed by atoms with van der Waals surface area (Å²) in [5, 5.41) is 17.0. The maximum absolute atomic E-state index is 10.2. The zero-order valence-electron chi connectivity index (χ0n) is 14.3. The zero-order chi connectivity index (χ0) is 17.2. The maximum atomic E-state index is 10.2. The third-order valence-electron chi connectivity index (χ3n) is 4.87. The minimum absolute atomic E-state index is 0.319. The highest BCUT2D eigenvalue weighted by atomic mass is 32.1. The van der Waals surface area contributed by atoms with E-state index in [4.69, 9.17) is 4.74 Å². The topological polar surface area (TPSA) is 41.5 Å². The number of benzene rings is 2. The van der Waals surface area contributed by atoms with Crippen molar-refractivity contribution in [3.05, 3.63) is 65.0 Å². The molecule has 3 nitrogen and oxygen atoms in total. The molecule has 0 bridgehead atoms. The van der Waals surface area contributed by atoms with Gasteiger partial charge >= 0.3 is 0 Å². The standard InChI is InChI=1S/C21H23NO2S/c1-14(23)21(24-19-8-9-20-17(13-19)10-11-25-20)22-18-7-6-15-4-2-3-5-16(15)12-18/h2-5,8-11,13-14,18,21-23H,6-7,12H2,1H3. The summed E-state index contributed by atoms with van der Waals surface area (Å²) in [5.74, 6) is 0.792. The van der Waals surface area contributed by atoms with Crippen molar-refractivity contribution in [2.75, 3.05) is 0 Å². The third kappa shape index (κ3) is 3.71. The average molecular weight is 353 g/mol. The molecule has 0 amide bonds. The molecule has 3 aromatic rings. The molecule has 0 fully saturated rings.